The van der Waals surface area contributed by atoms with E-state index >= 15 is 0 Å². The van der Waals surface area contributed by atoms with Gasteiger partial charge in [-0.1, -0.05) is 188 Å². The molecule has 0 heteroatoms. The summed E-state index contributed by atoms with van der Waals surface area (Å²) in [5.41, 5.74) is 17.0. The minimum atomic E-state index is 0.0886. The van der Waals surface area contributed by atoms with Crippen molar-refractivity contribution in [1.82, 2.24) is 0 Å². The van der Waals surface area contributed by atoms with Crippen LogP contribution in [0.3, 0.4) is 0 Å². The summed E-state index contributed by atoms with van der Waals surface area (Å²) in [5, 5.41) is 7.83. The van der Waals surface area contributed by atoms with Gasteiger partial charge in [-0.3, -0.25) is 0 Å². The number of fused-ring (bicyclic) bond motifs is 2. The highest BCUT2D eigenvalue weighted by Gasteiger charge is 2.33. The molecule has 11 rings (SSSR count). The summed E-state index contributed by atoms with van der Waals surface area (Å²) >= 11 is 0. The van der Waals surface area contributed by atoms with Crippen LogP contribution in [0.4, 0.5) is 0 Å². The summed E-state index contributed by atoms with van der Waals surface area (Å²) in [6, 6.07) is 69.5. The molecule has 2 aliphatic rings. The lowest BCUT2D eigenvalue weighted by Crippen LogP contribution is -2.14. The van der Waals surface area contributed by atoms with E-state index in [4.69, 9.17) is 0 Å². The highest BCUT2D eigenvalue weighted by atomic mass is 14.4. The monoisotopic (exact) mass is 684 g/mol. The van der Waals surface area contributed by atoms with Gasteiger partial charge in [-0.2, -0.15) is 0 Å². The third kappa shape index (κ3) is 4.84. The van der Waals surface area contributed by atoms with E-state index in [1.807, 2.05) is 0 Å². The summed E-state index contributed by atoms with van der Waals surface area (Å²) in [6.45, 7) is 0. The average molecular weight is 685 g/mol. The van der Waals surface area contributed by atoms with Gasteiger partial charge in [0.15, 0.2) is 0 Å². The van der Waals surface area contributed by atoms with Gasteiger partial charge in [-0.25, -0.2) is 0 Å². The minimum absolute atomic E-state index is 0.0886. The van der Waals surface area contributed by atoms with E-state index in [-0.39, 0.29) is 5.92 Å². The Kier molecular flexibility index (Phi) is 7.10. The van der Waals surface area contributed by atoms with E-state index in [0.717, 1.165) is 6.42 Å². The van der Waals surface area contributed by atoms with Gasteiger partial charge in [0.05, 0.1) is 0 Å². The molecule has 2 aliphatic carbocycles. The van der Waals surface area contributed by atoms with Crippen LogP contribution < -0.4 is 0 Å². The molecule has 0 saturated carbocycles. The molecule has 0 N–H and O–H groups in total. The fraction of sp³-hybridized carbons (Fsp3) is 0.0370. The quantitative estimate of drug-likeness (QED) is 0.169. The fourth-order valence-electron chi connectivity index (χ4n) is 9.34. The maximum atomic E-state index is 2.57. The SMILES string of the molecule is C1=C(c2ccccc2-c2ccccc2)c2ccc3c(-c4ccc5ccccc5c4)cc(-c4ccccc4)c4c3c2C(=CC4)C1c1cccc2ccccc12. The number of allylic oxidation sites excluding steroid dienone is 3. The molecule has 9 aromatic rings. The van der Waals surface area contributed by atoms with Crippen LogP contribution in [0.25, 0.3) is 76.8 Å². The van der Waals surface area contributed by atoms with Crippen molar-refractivity contribution in [2.75, 3.05) is 0 Å². The highest BCUT2D eigenvalue weighted by molar-refractivity contribution is 6.15. The first-order valence-electron chi connectivity index (χ1n) is 19.0. The largest absolute Gasteiger partial charge is 0.0753 e. The molecular formula is C54H36. The van der Waals surface area contributed by atoms with E-state index in [2.05, 4.69) is 200 Å². The lowest BCUT2D eigenvalue weighted by molar-refractivity contribution is 1.08. The third-order valence-corrected chi connectivity index (χ3v) is 11.8. The first kappa shape index (κ1) is 30.8. The third-order valence-electron chi connectivity index (χ3n) is 11.8. The Morgan fingerprint density at radius 2 is 1.06 bits per heavy atom. The van der Waals surface area contributed by atoms with Gasteiger partial charge >= 0.3 is 0 Å². The summed E-state index contributed by atoms with van der Waals surface area (Å²) in [7, 11) is 0. The van der Waals surface area contributed by atoms with E-state index < -0.39 is 0 Å². The molecular weight excluding hydrogens is 649 g/mol. The van der Waals surface area contributed by atoms with Crippen LogP contribution in [0.2, 0.25) is 0 Å². The van der Waals surface area contributed by atoms with E-state index in [1.54, 1.807) is 0 Å². The smallest absolute Gasteiger partial charge is 0.0288 e. The number of hydrogen-bond acceptors (Lipinski definition) is 0. The zero-order valence-corrected chi connectivity index (χ0v) is 29.8. The second-order valence-corrected chi connectivity index (χ2v) is 14.7. The molecule has 1 atom stereocenters. The number of rotatable bonds is 5. The van der Waals surface area contributed by atoms with Crippen LogP contribution in [0, 0.1) is 0 Å². The Hall–Kier alpha value is -6.76. The van der Waals surface area contributed by atoms with Crippen molar-refractivity contribution in [1.29, 1.82) is 0 Å². The average Bonchev–Trinajstić information content (AvgIpc) is 3.25. The molecule has 0 nitrogen and oxygen atoms in total. The lowest BCUT2D eigenvalue weighted by atomic mass is 9.69. The molecule has 0 amide bonds. The zero-order chi connectivity index (χ0) is 35.6. The zero-order valence-electron chi connectivity index (χ0n) is 29.8. The molecule has 54 heavy (non-hydrogen) atoms. The maximum Gasteiger partial charge on any atom is 0.0288 e. The molecule has 0 saturated heterocycles. The molecule has 0 spiro atoms. The summed E-state index contributed by atoms with van der Waals surface area (Å²) < 4.78 is 0. The standard InChI is InChI=1S/C54H36/c1-3-15-36(16-4-1)41-23-11-12-24-43(41)51-34-52(44-25-13-21-37-19-9-10-22-42(37)44)48-30-28-45-49(38-17-5-2-6-18-38)33-50(46-29-31-47(51)54(48)53(45)46)40-27-26-35-14-7-8-20-39(35)32-40/h1-27,29-34,52H,28H2. The molecule has 1 unspecified atom stereocenters. The molecule has 0 aliphatic heterocycles. The maximum absolute atomic E-state index is 2.57. The molecule has 0 fully saturated rings. The van der Waals surface area contributed by atoms with Crippen molar-refractivity contribution in [2.24, 2.45) is 0 Å². The topological polar surface area (TPSA) is 0 Å². The lowest BCUT2D eigenvalue weighted by Gasteiger charge is -2.34. The van der Waals surface area contributed by atoms with Crippen LogP contribution in [0.15, 0.2) is 200 Å². The number of benzene rings is 9. The van der Waals surface area contributed by atoms with Crippen LogP contribution in [0.5, 0.6) is 0 Å². The van der Waals surface area contributed by atoms with Gasteiger partial charge in [0.2, 0.25) is 0 Å². The first-order chi connectivity index (χ1) is 26.8. The molecule has 0 heterocycles. The van der Waals surface area contributed by atoms with Crippen LogP contribution in [-0.2, 0) is 6.42 Å². The molecule has 0 aromatic heterocycles. The van der Waals surface area contributed by atoms with Gasteiger partial charge in [0.1, 0.15) is 0 Å². The highest BCUT2D eigenvalue weighted by Crippen LogP contribution is 2.54. The Balaban J connectivity index is 1.25. The van der Waals surface area contributed by atoms with Crippen LogP contribution in [-0.4, -0.2) is 0 Å². The van der Waals surface area contributed by atoms with Crippen molar-refractivity contribution in [3.05, 3.63) is 228 Å². The predicted octanol–water partition coefficient (Wildman–Crippen LogP) is 14.3. The molecule has 252 valence electrons. The summed E-state index contributed by atoms with van der Waals surface area (Å²) in [6.07, 6.45) is 6.00. The first-order valence-corrected chi connectivity index (χ1v) is 19.0. The van der Waals surface area contributed by atoms with Crippen LogP contribution in [0.1, 0.15) is 33.7 Å². The predicted molar refractivity (Wildman–Crippen MR) is 230 cm³/mol. The van der Waals surface area contributed by atoms with Crippen molar-refractivity contribution in [3.8, 4) is 33.4 Å². The Bertz CT molecular complexity index is 2990. The van der Waals surface area contributed by atoms with Crippen molar-refractivity contribution >= 4 is 43.5 Å². The second kappa shape index (κ2) is 12.4. The number of hydrogen-bond donors (Lipinski definition) is 0. The van der Waals surface area contributed by atoms with E-state index in [1.165, 1.54) is 105 Å². The van der Waals surface area contributed by atoms with Gasteiger partial charge in [-0.05, 0) is 123 Å². The van der Waals surface area contributed by atoms with Gasteiger partial charge in [0, 0.05) is 5.92 Å². The Labute approximate surface area is 316 Å². The normalized spacial score (nSPS) is 14.6. The molecule has 9 aromatic carbocycles. The molecule has 0 radical (unpaired) electrons. The van der Waals surface area contributed by atoms with Gasteiger partial charge < -0.3 is 0 Å². The minimum Gasteiger partial charge on any atom is -0.0753 e. The van der Waals surface area contributed by atoms with Crippen molar-refractivity contribution in [2.45, 2.75) is 12.3 Å². The van der Waals surface area contributed by atoms with E-state index in [9.17, 15) is 0 Å². The molecule has 0 bridgehead atoms. The second-order valence-electron chi connectivity index (χ2n) is 14.7. The van der Waals surface area contributed by atoms with Crippen molar-refractivity contribution in [3.63, 3.8) is 0 Å². The van der Waals surface area contributed by atoms with E-state index in [0.29, 0.717) is 0 Å². The fourth-order valence-corrected chi connectivity index (χ4v) is 9.34. The Morgan fingerprint density at radius 3 is 1.87 bits per heavy atom. The summed E-state index contributed by atoms with van der Waals surface area (Å²) in [4.78, 5) is 0. The Morgan fingerprint density at radius 1 is 0.389 bits per heavy atom. The van der Waals surface area contributed by atoms with Crippen molar-refractivity contribution < 1.29 is 0 Å². The van der Waals surface area contributed by atoms with Crippen LogP contribution >= 0.6 is 0 Å². The van der Waals surface area contributed by atoms with Gasteiger partial charge in [0.25, 0.3) is 0 Å². The van der Waals surface area contributed by atoms with Gasteiger partial charge in [-0.15, -0.1) is 0 Å². The summed E-state index contributed by atoms with van der Waals surface area (Å²) in [5.74, 6) is 0.0886.